The Kier molecular flexibility index (Phi) is 6.85. The summed E-state index contributed by atoms with van der Waals surface area (Å²) < 4.78 is 0. The number of nitrogens with one attached hydrogen (secondary N) is 2. The van der Waals surface area contributed by atoms with Crippen molar-refractivity contribution in [1.82, 2.24) is 15.5 Å². The van der Waals surface area contributed by atoms with Gasteiger partial charge in [-0.25, -0.2) is 0 Å². The minimum atomic E-state index is -0.0944. The summed E-state index contributed by atoms with van der Waals surface area (Å²) in [4.78, 5) is 38.7. The molecule has 0 spiro atoms. The second-order valence-electron chi connectivity index (χ2n) is 7.65. The van der Waals surface area contributed by atoms with E-state index in [1.807, 2.05) is 18.2 Å². The molecule has 1 saturated heterocycles. The number of hydrogen-bond donors (Lipinski definition) is 2. The first kappa shape index (κ1) is 20.1. The number of nitrogens with zero attached hydrogens (tertiary/aromatic N) is 1. The zero-order chi connectivity index (χ0) is 19.9. The number of benzene rings is 1. The van der Waals surface area contributed by atoms with E-state index in [0.717, 1.165) is 25.7 Å². The number of amides is 3. The summed E-state index contributed by atoms with van der Waals surface area (Å²) in [7, 11) is 0. The molecule has 0 bridgehead atoms. The van der Waals surface area contributed by atoms with E-state index in [-0.39, 0.29) is 35.7 Å². The first-order valence-electron chi connectivity index (χ1n) is 10.2. The minimum Gasteiger partial charge on any atom is -0.351 e. The van der Waals surface area contributed by atoms with Gasteiger partial charge in [-0.15, -0.1) is 0 Å². The van der Waals surface area contributed by atoms with Crippen molar-refractivity contribution in [1.29, 1.82) is 0 Å². The first-order valence-corrected chi connectivity index (χ1v) is 10.2. The number of piperidine rings is 1. The van der Waals surface area contributed by atoms with Gasteiger partial charge in [-0.05, 0) is 43.9 Å². The van der Waals surface area contributed by atoms with Crippen LogP contribution in [0.4, 0.5) is 0 Å². The number of carbonyl (C=O) groups is 3. The van der Waals surface area contributed by atoms with Gasteiger partial charge in [0.1, 0.15) is 0 Å². The van der Waals surface area contributed by atoms with Gasteiger partial charge in [-0.3, -0.25) is 14.4 Å². The molecular formula is C22H29N3O3. The summed E-state index contributed by atoms with van der Waals surface area (Å²) >= 11 is 0. The van der Waals surface area contributed by atoms with Crippen LogP contribution in [0.5, 0.6) is 0 Å². The molecule has 28 heavy (non-hydrogen) atoms. The standard InChI is InChI=1S/C22H29N3O3/c1-2-20(26)25-14-12-17(13-15-25)22(28)24-19-11-7-6-10-18(19)23-21(27)16-8-4-3-5-9-16/h2-5,8-9,17-19H,1,6-7,10-15H2,(H,23,27)(H,24,28)/t18-,19-/m1/s1. The van der Waals surface area contributed by atoms with Crippen molar-refractivity contribution >= 4 is 17.7 Å². The molecule has 1 aliphatic carbocycles. The highest BCUT2D eigenvalue weighted by Gasteiger charge is 2.32. The molecule has 2 fully saturated rings. The molecule has 1 heterocycles. The molecule has 1 aromatic carbocycles. The van der Waals surface area contributed by atoms with Crippen molar-refractivity contribution in [2.75, 3.05) is 13.1 Å². The second kappa shape index (κ2) is 9.53. The average Bonchev–Trinajstić information content (AvgIpc) is 2.75. The lowest BCUT2D eigenvalue weighted by molar-refractivity contribution is -0.132. The summed E-state index contributed by atoms with van der Waals surface area (Å²) in [6.45, 7) is 4.69. The Labute approximate surface area is 166 Å². The Balaban J connectivity index is 1.54. The van der Waals surface area contributed by atoms with Crippen molar-refractivity contribution in [3.05, 3.63) is 48.6 Å². The van der Waals surface area contributed by atoms with Gasteiger partial charge in [0, 0.05) is 36.7 Å². The molecule has 2 aliphatic rings. The molecule has 1 aromatic rings. The van der Waals surface area contributed by atoms with E-state index in [9.17, 15) is 14.4 Å². The van der Waals surface area contributed by atoms with E-state index >= 15 is 0 Å². The molecule has 1 saturated carbocycles. The van der Waals surface area contributed by atoms with Crippen LogP contribution in [-0.2, 0) is 9.59 Å². The van der Waals surface area contributed by atoms with Crippen LogP contribution in [0.1, 0.15) is 48.9 Å². The van der Waals surface area contributed by atoms with Crippen LogP contribution < -0.4 is 10.6 Å². The Bertz CT molecular complexity index is 711. The summed E-state index contributed by atoms with van der Waals surface area (Å²) in [5.41, 5.74) is 0.636. The van der Waals surface area contributed by atoms with Gasteiger partial charge in [0.25, 0.3) is 5.91 Å². The number of rotatable bonds is 5. The summed E-state index contributed by atoms with van der Waals surface area (Å²) in [6, 6.07) is 9.08. The van der Waals surface area contributed by atoms with Crippen LogP contribution >= 0.6 is 0 Å². The second-order valence-corrected chi connectivity index (χ2v) is 7.65. The van der Waals surface area contributed by atoms with E-state index in [2.05, 4.69) is 17.2 Å². The van der Waals surface area contributed by atoms with Crippen LogP contribution in [0.2, 0.25) is 0 Å². The maximum Gasteiger partial charge on any atom is 0.251 e. The SMILES string of the molecule is C=CC(=O)N1CCC(C(=O)N[C@@H]2CCCC[C@H]2NC(=O)c2ccccc2)CC1. The lowest BCUT2D eigenvalue weighted by Crippen LogP contribution is -2.55. The fourth-order valence-electron chi connectivity index (χ4n) is 4.11. The molecule has 2 N–H and O–H groups in total. The largest absolute Gasteiger partial charge is 0.351 e. The summed E-state index contributed by atoms with van der Waals surface area (Å²) in [5, 5.41) is 6.28. The van der Waals surface area contributed by atoms with Crippen molar-refractivity contribution in [3.8, 4) is 0 Å². The zero-order valence-electron chi connectivity index (χ0n) is 16.2. The van der Waals surface area contributed by atoms with Gasteiger partial charge >= 0.3 is 0 Å². The molecule has 0 aromatic heterocycles. The maximum atomic E-state index is 12.8. The number of carbonyl (C=O) groups excluding carboxylic acids is 3. The first-order chi connectivity index (χ1) is 13.6. The fraction of sp³-hybridized carbons (Fsp3) is 0.500. The molecule has 0 radical (unpaired) electrons. The molecule has 6 nitrogen and oxygen atoms in total. The molecule has 0 unspecified atom stereocenters. The van der Waals surface area contributed by atoms with Gasteiger partial charge in [0.05, 0.1) is 0 Å². The zero-order valence-corrected chi connectivity index (χ0v) is 16.2. The van der Waals surface area contributed by atoms with Crippen LogP contribution in [0, 0.1) is 5.92 Å². The minimum absolute atomic E-state index is 0.0385. The molecule has 3 amide bonds. The van der Waals surface area contributed by atoms with Crippen LogP contribution in [0.15, 0.2) is 43.0 Å². The third-order valence-corrected chi connectivity index (χ3v) is 5.80. The third-order valence-electron chi connectivity index (χ3n) is 5.80. The van der Waals surface area contributed by atoms with Gasteiger partial charge in [0.15, 0.2) is 0 Å². The number of likely N-dealkylation sites (tertiary alicyclic amines) is 1. The van der Waals surface area contributed by atoms with Gasteiger partial charge in [-0.1, -0.05) is 37.6 Å². The summed E-state index contributed by atoms with van der Waals surface area (Å²) in [5.74, 6) is -0.212. The fourth-order valence-corrected chi connectivity index (χ4v) is 4.11. The van der Waals surface area contributed by atoms with Crippen molar-refractivity contribution in [2.45, 2.75) is 50.6 Å². The number of hydrogen-bond acceptors (Lipinski definition) is 3. The lowest BCUT2D eigenvalue weighted by Gasteiger charge is -2.35. The Morgan fingerprint density at radius 1 is 0.929 bits per heavy atom. The smallest absolute Gasteiger partial charge is 0.251 e. The highest BCUT2D eigenvalue weighted by atomic mass is 16.2. The van der Waals surface area contributed by atoms with E-state index in [0.29, 0.717) is 31.5 Å². The predicted octanol–water partition coefficient (Wildman–Crippen LogP) is 2.27. The lowest BCUT2D eigenvalue weighted by atomic mass is 9.88. The van der Waals surface area contributed by atoms with Crippen LogP contribution in [0.25, 0.3) is 0 Å². The van der Waals surface area contributed by atoms with Crippen LogP contribution in [0.3, 0.4) is 0 Å². The van der Waals surface area contributed by atoms with Crippen LogP contribution in [-0.4, -0.2) is 47.8 Å². The molecular weight excluding hydrogens is 354 g/mol. The van der Waals surface area contributed by atoms with Gasteiger partial charge in [0.2, 0.25) is 11.8 Å². The monoisotopic (exact) mass is 383 g/mol. The molecule has 3 rings (SSSR count). The molecule has 1 aliphatic heterocycles. The van der Waals surface area contributed by atoms with Crippen molar-refractivity contribution in [3.63, 3.8) is 0 Å². The summed E-state index contributed by atoms with van der Waals surface area (Å²) in [6.07, 6.45) is 6.50. The van der Waals surface area contributed by atoms with E-state index < -0.39 is 0 Å². The highest BCUT2D eigenvalue weighted by Crippen LogP contribution is 2.22. The highest BCUT2D eigenvalue weighted by molar-refractivity contribution is 5.94. The van der Waals surface area contributed by atoms with E-state index in [1.54, 1.807) is 17.0 Å². The van der Waals surface area contributed by atoms with Crippen molar-refractivity contribution < 1.29 is 14.4 Å². The quantitative estimate of drug-likeness (QED) is 0.766. The average molecular weight is 383 g/mol. The van der Waals surface area contributed by atoms with Crippen molar-refractivity contribution in [2.24, 2.45) is 5.92 Å². The van der Waals surface area contributed by atoms with E-state index in [1.165, 1.54) is 6.08 Å². The normalized spacial score (nSPS) is 22.9. The third kappa shape index (κ3) is 5.00. The molecule has 2 atom stereocenters. The Morgan fingerprint density at radius 2 is 1.54 bits per heavy atom. The topological polar surface area (TPSA) is 78.5 Å². The molecule has 150 valence electrons. The van der Waals surface area contributed by atoms with Gasteiger partial charge in [-0.2, -0.15) is 0 Å². The van der Waals surface area contributed by atoms with Gasteiger partial charge < -0.3 is 15.5 Å². The predicted molar refractivity (Wildman–Crippen MR) is 108 cm³/mol. The van der Waals surface area contributed by atoms with E-state index in [4.69, 9.17) is 0 Å². The maximum absolute atomic E-state index is 12.8. The Morgan fingerprint density at radius 3 is 2.14 bits per heavy atom. The Hall–Kier alpha value is -2.63. The molecule has 6 heteroatoms.